The summed E-state index contributed by atoms with van der Waals surface area (Å²) in [6, 6.07) is 8.54. The number of nitrogens with one attached hydrogen (secondary N) is 1. The van der Waals surface area contributed by atoms with Crippen molar-refractivity contribution in [2.45, 2.75) is 51.2 Å². The Labute approximate surface area is 181 Å². The summed E-state index contributed by atoms with van der Waals surface area (Å²) in [6.45, 7) is 8.02. The molecule has 2 heterocycles. The van der Waals surface area contributed by atoms with Crippen molar-refractivity contribution in [3.63, 3.8) is 0 Å². The Morgan fingerprint density at radius 2 is 1.97 bits per heavy atom. The fourth-order valence-corrected chi connectivity index (χ4v) is 4.94. The van der Waals surface area contributed by atoms with Gasteiger partial charge in [0.05, 0.1) is 19.3 Å². The van der Waals surface area contributed by atoms with E-state index < -0.39 is 0 Å². The first-order chi connectivity index (χ1) is 14.8. The standard InChI is InChI=1S/C24H38N4O2/c1-25-24(28-11-10-21(19-28)18-27-12-14-29-15-13-27)26-17-20-6-5-9-23(16-20)30-22-7-3-2-4-8-22/h5-6,9,16,21-22H,2-4,7-8,10-15,17-19H2,1H3,(H,25,26). The number of hydrogen-bond acceptors (Lipinski definition) is 4. The Morgan fingerprint density at radius 1 is 1.13 bits per heavy atom. The molecule has 1 saturated carbocycles. The summed E-state index contributed by atoms with van der Waals surface area (Å²) in [4.78, 5) is 9.51. The van der Waals surface area contributed by atoms with E-state index in [2.05, 4.69) is 44.4 Å². The highest BCUT2D eigenvalue weighted by molar-refractivity contribution is 5.80. The van der Waals surface area contributed by atoms with E-state index in [0.717, 1.165) is 57.6 Å². The van der Waals surface area contributed by atoms with E-state index in [-0.39, 0.29) is 0 Å². The third kappa shape index (κ3) is 6.11. The van der Waals surface area contributed by atoms with Gasteiger partial charge in [0.25, 0.3) is 0 Å². The summed E-state index contributed by atoms with van der Waals surface area (Å²) < 4.78 is 11.7. The third-order valence-electron chi connectivity index (χ3n) is 6.62. The molecule has 2 saturated heterocycles. The normalized spacial score (nSPS) is 24.2. The minimum absolute atomic E-state index is 0.391. The molecule has 0 radical (unpaired) electrons. The highest BCUT2D eigenvalue weighted by atomic mass is 16.5. The van der Waals surface area contributed by atoms with Crippen LogP contribution in [0.1, 0.15) is 44.1 Å². The summed E-state index contributed by atoms with van der Waals surface area (Å²) in [6.07, 6.45) is 7.96. The van der Waals surface area contributed by atoms with E-state index >= 15 is 0 Å². The number of morpholine rings is 1. The molecule has 6 heteroatoms. The number of aliphatic imine (C=N–C) groups is 1. The summed E-state index contributed by atoms with van der Waals surface area (Å²) in [7, 11) is 1.89. The summed E-state index contributed by atoms with van der Waals surface area (Å²) >= 11 is 0. The second-order valence-corrected chi connectivity index (χ2v) is 8.94. The predicted molar refractivity (Wildman–Crippen MR) is 121 cm³/mol. The minimum Gasteiger partial charge on any atom is -0.490 e. The molecule has 6 nitrogen and oxygen atoms in total. The zero-order valence-corrected chi connectivity index (χ0v) is 18.5. The lowest BCUT2D eigenvalue weighted by Gasteiger charge is -2.29. The Hall–Kier alpha value is -1.79. The van der Waals surface area contributed by atoms with Crippen LogP contribution in [0.2, 0.25) is 0 Å². The molecule has 3 fully saturated rings. The summed E-state index contributed by atoms with van der Waals surface area (Å²) in [5.74, 6) is 2.73. The highest BCUT2D eigenvalue weighted by Gasteiger charge is 2.27. The highest BCUT2D eigenvalue weighted by Crippen LogP contribution is 2.24. The van der Waals surface area contributed by atoms with Gasteiger partial charge in [-0.3, -0.25) is 9.89 Å². The lowest BCUT2D eigenvalue weighted by atomic mass is 9.98. The topological polar surface area (TPSA) is 49.3 Å². The van der Waals surface area contributed by atoms with Crippen molar-refractivity contribution in [1.29, 1.82) is 0 Å². The van der Waals surface area contributed by atoms with Gasteiger partial charge in [-0.15, -0.1) is 0 Å². The van der Waals surface area contributed by atoms with Crippen LogP contribution >= 0.6 is 0 Å². The molecule has 1 N–H and O–H groups in total. The number of hydrogen-bond donors (Lipinski definition) is 1. The molecule has 1 aromatic rings. The quantitative estimate of drug-likeness (QED) is 0.573. The summed E-state index contributed by atoms with van der Waals surface area (Å²) in [5, 5.41) is 3.57. The van der Waals surface area contributed by atoms with Crippen molar-refractivity contribution in [2.75, 3.05) is 53.0 Å². The largest absolute Gasteiger partial charge is 0.490 e. The lowest BCUT2D eigenvalue weighted by molar-refractivity contribution is 0.0315. The smallest absolute Gasteiger partial charge is 0.193 e. The number of rotatable bonds is 6. The molecule has 1 aliphatic carbocycles. The number of ether oxygens (including phenoxy) is 2. The van der Waals surface area contributed by atoms with E-state index in [4.69, 9.17) is 9.47 Å². The van der Waals surface area contributed by atoms with Gasteiger partial charge in [0.2, 0.25) is 0 Å². The van der Waals surface area contributed by atoms with Gasteiger partial charge in [-0.1, -0.05) is 18.6 Å². The van der Waals surface area contributed by atoms with Crippen LogP contribution in [0.5, 0.6) is 5.75 Å². The van der Waals surface area contributed by atoms with Crippen molar-refractivity contribution in [1.82, 2.24) is 15.1 Å². The summed E-state index contributed by atoms with van der Waals surface area (Å²) in [5.41, 5.74) is 1.24. The zero-order valence-electron chi connectivity index (χ0n) is 18.5. The maximum atomic E-state index is 6.23. The van der Waals surface area contributed by atoms with Gasteiger partial charge in [0.15, 0.2) is 5.96 Å². The van der Waals surface area contributed by atoms with Crippen LogP contribution in [0.3, 0.4) is 0 Å². The van der Waals surface area contributed by atoms with Crippen LogP contribution in [0.4, 0.5) is 0 Å². The molecule has 0 amide bonds. The van der Waals surface area contributed by atoms with Crippen LogP contribution in [-0.4, -0.2) is 74.8 Å². The Kier molecular flexibility index (Phi) is 7.87. The maximum Gasteiger partial charge on any atom is 0.193 e. The number of guanidine groups is 1. The van der Waals surface area contributed by atoms with E-state index in [1.165, 1.54) is 50.6 Å². The Balaban J connectivity index is 1.24. The maximum absolute atomic E-state index is 6.23. The molecule has 1 atom stereocenters. The van der Waals surface area contributed by atoms with Gasteiger partial charge in [-0.25, -0.2) is 0 Å². The van der Waals surface area contributed by atoms with Crippen molar-refractivity contribution >= 4 is 5.96 Å². The van der Waals surface area contributed by atoms with Gasteiger partial charge in [0, 0.05) is 46.3 Å². The first-order valence-electron chi connectivity index (χ1n) is 11.8. The SMILES string of the molecule is CN=C(NCc1cccc(OC2CCCCC2)c1)N1CCC(CN2CCOCC2)C1. The number of likely N-dealkylation sites (tertiary alicyclic amines) is 1. The molecule has 0 bridgehead atoms. The molecule has 4 rings (SSSR count). The average Bonchev–Trinajstić information content (AvgIpc) is 3.24. The molecule has 0 aromatic heterocycles. The Morgan fingerprint density at radius 3 is 2.77 bits per heavy atom. The van der Waals surface area contributed by atoms with Crippen LogP contribution < -0.4 is 10.1 Å². The molecule has 30 heavy (non-hydrogen) atoms. The third-order valence-corrected chi connectivity index (χ3v) is 6.62. The molecular formula is C24H38N4O2. The van der Waals surface area contributed by atoms with E-state index in [1.54, 1.807) is 0 Å². The van der Waals surface area contributed by atoms with Crippen molar-refractivity contribution < 1.29 is 9.47 Å². The zero-order chi connectivity index (χ0) is 20.6. The van der Waals surface area contributed by atoms with E-state index in [1.807, 2.05) is 7.05 Å². The van der Waals surface area contributed by atoms with Gasteiger partial charge < -0.3 is 19.7 Å². The first kappa shape index (κ1) is 21.4. The van der Waals surface area contributed by atoms with Crippen LogP contribution in [0, 0.1) is 5.92 Å². The van der Waals surface area contributed by atoms with Crippen LogP contribution in [0.25, 0.3) is 0 Å². The number of nitrogens with zero attached hydrogens (tertiary/aromatic N) is 3. The molecule has 1 unspecified atom stereocenters. The fraction of sp³-hybridized carbons (Fsp3) is 0.708. The molecule has 2 aliphatic heterocycles. The van der Waals surface area contributed by atoms with Gasteiger partial charge >= 0.3 is 0 Å². The van der Waals surface area contributed by atoms with E-state index in [9.17, 15) is 0 Å². The van der Waals surface area contributed by atoms with Crippen molar-refractivity contribution in [3.05, 3.63) is 29.8 Å². The monoisotopic (exact) mass is 414 g/mol. The minimum atomic E-state index is 0.391. The van der Waals surface area contributed by atoms with Gasteiger partial charge in [-0.2, -0.15) is 0 Å². The molecule has 3 aliphatic rings. The fourth-order valence-electron chi connectivity index (χ4n) is 4.94. The Bertz CT molecular complexity index is 684. The second kappa shape index (κ2) is 11.0. The van der Waals surface area contributed by atoms with Crippen LogP contribution in [0.15, 0.2) is 29.3 Å². The molecule has 1 aromatic carbocycles. The first-order valence-corrected chi connectivity index (χ1v) is 11.8. The number of benzene rings is 1. The molecule has 0 spiro atoms. The van der Waals surface area contributed by atoms with Crippen molar-refractivity contribution in [3.8, 4) is 5.75 Å². The van der Waals surface area contributed by atoms with E-state index in [0.29, 0.717) is 12.0 Å². The van der Waals surface area contributed by atoms with Gasteiger partial charge in [-0.05, 0) is 55.7 Å². The predicted octanol–water partition coefficient (Wildman–Crippen LogP) is 3.13. The molecule has 166 valence electrons. The lowest BCUT2D eigenvalue weighted by Crippen LogP contribution is -2.42. The average molecular weight is 415 g/mol. The van der Waals surface area contributed by atoms with Crippen molar-refractivity contribution in [2.24, 2.45) is 10.9 Å². The van der Waals surface area contributed by atoms with Gasteiger partial charge in [0.1, 0.15) is 5.75 Å². The van der Waals surface area contributed by atoms with Crippen LogP contribution in [-0.2, 0) is 11.3 Å². The molecular weight excluding hydrogens is 376 g/mol. The second-order valence-electron chi connectivity index (χ2n) is 8.94.